The molecule has 0 aromatic carbocycles. The maximum Gasteiger partial charge on any atom is 0.217 e. The number of hydrogen-bond donors (Lipinski definition) is 1. The Bertz CT molecular complexity index is 230. The minimum Gasteiger partial charge on any atom is -0.346 e. The first kappa shape index (κ1) is 12.8. The maximum absolute atomic E-state index is 11.5. The quantitative estimate of drug-likeness (QED) is 0.708. The first-order chi connectivity index (χ1) is 6.34. The van der Waals surface area contributed by atoms with Crippen molar-refractivity contribution in [3.8, 4) is 0 Å². The lowest BCUT2D eigenvalue weighted by molar-refractivity contribution is -0.130. The van der Waals surface area contributed by atoms with Gasteiger partial charge in [0.05, 0.1) is 6.04 Å². The third kappa shape index (κ3) is 4.74. The third-order valence-corrected chi connectivity index (χ3v) is 1.78. The van der Waals surface area contributed by atoms with Crippen LogP contribution in [0.1, 0.15) is 34.1 Å². The van der Waals surface area contributed by atoms with Crippen LogP contribution in [0, 0.1) is 5.92 Å². The Balaban J connectivity index is 4.46. The van der Waals surface area contributed by atoms with E-state index in [9.17, 15) is 14.4 Å². The molecule has 0 fully saturated rings. The predicted molar refractivity (Wildman–Crippen MR) is 52.7 cm³/mol. The van der Waals surface area contributed by atoms with Gasteiger partial charge in [-0.3, -0.25) is 14.4 Å². The molecule has 1 unspecified atom stereocenters. The fraction of sp³-hybridized carbons (Fsp3) is 0.700. The number of nitrogens with one attached hydrogen (secondary N) is 1. The van der Waals surface area contributed by atoms with E-state index in [1.54, 1.807) is 13.8 Å². The van der Waals surface area contributed by atoms with E-state index in [2.05, 4.69) is 5.32 Å². The molecule has 0 rings (SSSR count). The number of ketones is 2. The summed E-state index contributed by atoms with van der Waals surface area (Å²) in [5, 5.41) is 2.48. The summed E-state index contributed by atoms with van der Waals surface area (Å²) in [4.78, 5) is 33.2. The van der Waals surface area contributed by atoms with Crippen LogP contribution in [0.15, 0.2) is 0 Å². The molecule has 0 bridgehead atoms. The van der Waals surface area contributed by atoms with E-state index in [1.807, 2.05) is 0 Å². The first-order valence-electron chi connectivity index (χ1n) is 4.64. The second kappa shape index (κ2) is 5.52. The topological polar surface area (TPSA) is 63.2 Å². The van der Waals surface area contributed by atoms with Gasteiger partial charge in [0.2, 0.25) is 5.91 Å². The minimum atomic E-state index is -0.662. The van der Waals surface area contributed by atoms with Gasteiger partial charge in [0.1, 0.15) is 5.78 Å². The van der Waals surface area contributed by atoms with Crippen LogP contribution in [0.4, 0.5) is 0 Å². The Labute approximate surface area is 84.1 Å². The molecule has 0 saturated heterocycles. The number of hydrogen-bond acceptors (Lipinski definition) is 3. The van der Waals surface area contributed by atoms with Crippen LogP contribution in [-0.2, 0) is 14.4 Å². The number of amides is 1. The van der Waals surface area contributed by atoms with Crippen LogP contribution in [0.3, 0.4) is 0 Å². The number of rotatable bonds is 5. The molecule has 1 N–H and O–H groups in total. The fourth-order valence-electron chi connectivity index (χ4n) is 1.16. The lowest BCUT2D eigenvalue weighted by Crippen LogP contribution is -2.42. The fourth-order valence-corrected chi connectivity index (χ4v) is 1.16. The summed E-state index contributed by atoms with van der Waals surface area (Å²) in [6.45, 7) is 6.23. The van der Waals surface area contributed by atoms with Crippen molar-refractivity contribution in [1.82, 2.24) is 5.32 Å². The monoisotopic (exact) mass is 199 g/mol. The van der Waals surface area contributed by atoms with E-state index in [4.69, 9.17) is 0 Å². The zero-order valence-corrected chi connectivity index (χ0v) is 9.09. The summed E-state index contributed by atoms with van der Waals surface area (Å²) in [6, 6.07) is -0.662. The second-order valence-corrected chi connectivity index (χ2v) is 3.72. The smallest absolute Gasteiger partial charge is 0.217 e. The van der Waals surface area contributed by atoms with Crippen LogP contribution in [0.2, 0.25) is 0 Å². The van der Waals surface area contributed by atoms with Crippen molar-refractivity contribution in [2.45, 2.75) is 40.2 Å². The largest absolute Gasteiger partial charge is 0.346 e. The summed E-state index contributed by atoms with van der Waals surface area (Å²) in [5.74, 6) is -0.662. The van der Waals surface area contributed by atoms with Gasteiger partial charge >= 0.3 is 0 Å². The Morgan fingerprint density at radius 3 is 1.93 bits per heavy atom. The molecular weight excluding hydrogens is 182 g/mol. The molecule has 0 heterocycles. The summed E-state index contributed by atoms with van der Waals surface area (Å²) >= 11 is 0. The van der Waals surface area contributed by atoms with E-state index in [0.717, 1.165) is 0 Å². The molecule has 4 nitrogen and oxygen atoms in total. The van der Waals surface area contributed by atoms with Crippen molar-refractivity contribution in [2.75, 3.05) is 0 Å². The van der Waals surface area contributed by atoms with Gasteiger partial charge in [0.15, 0.2) is 5.78 Å². The predicted octanol–water partition coefficient (Wildman–Crippen LogP) is 0.695. The minimum absolute atomic E-state index is 0.0800. The lowest BCUT2D eigenvalue weighted by Gasteiger charge is -2.17. The molecular formula is C10H17NO3. The molecule has 0 aromatic heterocycles. The SMILES string of the molecule is CC(=O)CC(NC(C)=O)C(=O)C(C)C. The summed E-state index contributed by atoms with van der Waals surface area (Å²) in [5.41, 5.74) is 0. The van der Waals surface area contributed by atoms with E-state index < -0.39 is 6.04 Å². The molecule has 0 radical (unpaired) electrons. The Morgan fingerprint density at radius 2 is 1.64 bits per heavy atom. The molecule has 0 spiro atoms. The number of Topliss-reactive ketones (excluding diaryl/α,β-unsaturated/α-hetero) is 2. The molecule has 1 atom stereocenters. The maximum atomic E-state index is 11.5. The summed E-state index contributed by atoms with van der Waals surface area (Å²) in [6.07, 6.45) is 0.0800. The van der Waals surface area contributed by atoms with Crippen LogP contribution < -0.4 is 5.32 Å². The van der Waals surface area contributed by atoms with E-state index >= 15 is 0 Å². The van der Waals surface area contributed by atoms with Gasteiger partial charge in [-0.1, -0.05) is 13.8 Å². The van der Waals surface area contributed by atoms with Gasteiger partial charge in [-0.15, -0.1) is 0 Å². The van der Waals surface area contributed by atoms with Gasteiger partial charge < -0.3 is 5.32 Å². The van der Waals surface area contributed by atoms with Crippen molar-refractivity contribution in [2.24, 2.45) is 5.92 Å². The van der Waals surface area contributed by atoms with Crippen molar-refractivity contribution >= 4 is 17.5 Å². The van der Waals surface area contributed by atoms with Crippen LogP contribution in [0.5, 0.6) is 0 Å². The van der Waals surface area contributed by atoms with Crippen LogP contribution >= 0.6 is 0 Å². The third-order valence-electron chi connectivity index (χ3n) is 1.78. The normalized spacial score (nSPS) is 12.4. The summed E-state index contributed by atoms with van der Waals surface area (Å²) < 4.78 is 0. The highest BCUT2D eigenvalue weighted by Crippen LogP contribution is 2.04. The zero-order valence-electron chi connectivity index (χ0n) is 9.09. The standard InChI is InChI=1S/C10H17NO3/c1-6(2)10(14)9(5-7(3)12)11-8(4)13/h6,9H,5H2,1-4H3,(H,11,13). The lowest BCUT2D eigenvalue weighted by atomic mass is 9.98. The molecule has 0 aromatic rings. The van der Waals surface area contributed by atoms with Gasteiger partial charge in [-0.25, -0.2) is 0 Å². The van der Waals surface area contributed by atoms with Crippen LogP contribution in [-0.4, -0.2) is 23.5 Å². The second-order valence-electron chi connectivity index (χ2n) is 3.72. The molecule has 14 heavy (non-hydrogen) atoms. The highest BCUT2D eigenvalue weighted by Gasteiger charge is 2.23. The van der Waals surface area contributed by atoms with Gasteiger partial charge in [-0.05, 0) is 6.92 Å². The molecule has 80 valence electrons. The van der Waals surface area contributed by atoms with Crippen molar-refractivity contribution < 1.29 is 14.4 Å². The Hall–Kier alpha value is -1.19. The molecule has 0 aliphatic carbocycles. The molecule has 0 saturated carbocycles. The van der Waals surface area contributed by atoms with E-state index in [0.29, 0.717) is 0 Å². The molecule has 1 amide bonds. The molecule has 4 heteroatoms. The van der Waals surface area contributed by atoms with Gasteiger partial charge in [-0.2, -0.15) is 0 Å². The molecule has 0 aliphatic heterocycles. The van der Waals surface area contributed by atoms with E-state index in [1.165, 1.54) is 13.8 Å². The van der Waals surface area contributed by atoms with Crippen molar-refractivity contribution in [3.63, 3.8) is 0 Å². The first-order valence-corrected chi connectivity index (χ1v) is 4.64. The van der Waals surface area contributed by atoms with Crippen molar-refractivity contribution in [3.05, 3.63) is 0 Å². The number of carbonyl (C=O) groups excluding carboxylic acids is 3. The van der Waals surface area contributed by atoms with Gasteiger partial charge in [0, 0.05) is 19.3 Å². The average Bonchev–Trinajstić information content (AvgIpc) is 1.99. The Kier molecular flexibility index (Phi) is 5.05. The Morgan fingerprint density at radius 1 is 1.14 bits per heavy atom. The number of carbonyl (C=O) groups is 3. The average molecular weight is 199 g/mol. The zero-order chi connectivity index (χ0) is 11.3. The van der Waals surface area contributed by atoms with Gasteiger partial charge in [0.25, 0.3) is 0 Å². The van der Waals surface area contributed by atoms with E-state index in [-0.39, 0.29) is 29.8 Å². The molecule has 0 aliphatic rings. The summed E-state index contributed by atoms with van der Waals surface area (Å²) in [7, 11) is 0. The van der Waals surface area contributed by atoms with Crippen LogP contribution in [0.25, 0.3) is 0 Å². The highest BCUT2D eigenvalue weighted by atomic mass is 16.2. The highest BCUT2D eigenvalue weighted by molar-refractivity contribution is 5.93. The van der Waals surface area contributed by atoms with Crippen molar-refractivity contribution in [1.29, 1.82) is 0 Å².